The molecule has 1 aromatic rings. The lowest BCUT2D eigenvalue weighted by Crippen LogP contribution is -2.55. The van der Waals surface area contributed by atoms with E-state index in [2.05, 4.69) is 6.92 Å². The van der Waals surface area contributed by atoms with Crippen LogP contribution in [0.1, 0.15) is 25.0 Å². The zero-order chi connectivity index (χ0) is 12.5. The molecule has 1 amide bonds. The molecule has 4 nitrogen and oxygen atoms in total. The van der Waals surface area contributed by atoms with Crippen molar-refractivity contribution in [1.82, 2.24) is 4.90 Å². The number of amides is 1. The average molecular weight is 247 g/mol. The molecule has 96 valence electrons. The van der Waals surface area contributed by atoms with E-state index in [1.54, 1.807) is 0 Å². The van der Waals surface area contributed by atoms with Crippen LogP contribution >= 0.6 is 0 Å². The van der Waals surface area contributed by atoms with Crippen LogP contribution in [0.5, 0.6) is 5.75 Å². The zero-order valence-corrected chi connectivity index (χ0v) is 10.5. The van der Waals surface area contributed by atoms with Gasteiger partial charge in [-0.15, -0.1) is 0 Å². The number of hydrogen-bond donors (Lipinski definition) is 0. The highest BCUT2D eigenvalue weighted by Gasteiger charge is 2.41. The van der Waals surface area contributed by atoms with E-state index in [1.165, 1.54) is 0 Å². The molecule has 0 aromatic heterocycles. The number of rotatable bonds is 2. The molecule has 0 radical (unpaired) electrons. The molecule has 0 aliphatic carbocycles. The molecule has 1 fully saturated rings. The number of para-hydroxylation sites is 1. The van der Waals surface area contributed by atoms with Crippen LogP contribution in [-0.4, -0.2) is 36.6 Å². The van der Waals surface area contributed by atoms with Crippen molar-refractivity contribution in [2.45, 2.75) is 25.5 Å². The first-order valence-electron chi connectivity index (χ1n) is 6.44. The van der Waals surface area contributed by atoms with Gasteiger partial charge in [0, 0.05) is 12.1 Å². The van der Waals surface area contributed by atoms with Crippen molar-refractivity contribution in [3.8, 4) is 5.75 Å². The minimum absolute atomic E-state index is 0.0149. The van der Waals surface area contributed by atoms with Gasteiger partial charge in [0.05, 0.1) is 6.04 Å². The minimum Gasteiger partial charge on any atom is -0.491 e. The molecule has 0 spiro atoms. The van der Waals surface area contributed by atoms with Crippen molar-refractivity contribution in [3.63, 3.8) is 0 Å². The molecule has 2 heterocycles. The number of fused-ring (bicyclic) bond motifs is 3. The van der Waals surface area contributed by atoms with Gasteiger partial charge in [0.15, 0.2) is 0 Å². The first kappa shape index (κ1) is 11.5. The molecule has 2 aliphatic heterocycles. The lowest BCUT2D eigenvalue weighted by molar-refractivity contribution is -0.162. The summed E-state index contributed by atoms with van der Waals surface area (Å²) in [5.74, 6) is 0.950. The SMILES string of the molecule is CCCN1C(=O)CO[C@@H]2c3ccccc3OC[C@H]21. The lowest BCUT2D eigenvalue weighted by atomic mass is 9.96. The summed E-state index contributed by atoms with van der Waals surface area (Å²) in [7, 11) is 0. The van der Waals surface area contributed by atoms with Crippen LogP contribution in [0.3, 0.4) is 0 Å². The highest BCUT2D eigenvalue weighted by Crippen LogP contribution is 2.38. The Morgan fingerprint density at radius 2 is 2.22 bits per heavy atom. The molecule has 0 N–H and O–H groups in total. The number of nitrogens with zero attached hydrogens (tertiary/aromatic N) is 1. The van der Waals surface area contributed by atoms with Gasteiger partial charge in [-0.3, -0.25) is 4.79 Å². The van der Waals surface area contributed by atoms with Gasteiger partial charge in [-0.2, -0.15) is 0 Å². The van der Waals surface area contributed by atoms with Crippen LogP contribution < -0.4 is 4.74 Å². The van der Waals surface area contributed by atoms with Crippen molar-refractivity contribution in [2.75, 3.05) is 19.8 Å². The lowest BCUT2D eigenvalue weighted by Gasteiger charge is -2.43. The number of carbonyl (C=O) groups excluding carboxylic acids is 1. The van der Waals surface area contributed by atoms with Gasteiger partial charge in [0.1, 0.15) is 25.1 Å². The van der Waals surface area contributed by atoms with E-state index in [4.69, 9.17) is 9.47 Å². The predicted molar refractivity (Wildman–Crippen MR) is 66.4 cm³/mol. The summed E-state index contributed by atoms with van der Waals surface area (Å²) in [5.41, 5.74) is 1.06. The summed E-state index contributed by atoms with van der Waals surface area (Å²) in [5, 5.41) is 0. The van der Waals surface area contributed by atoms with Crippen LogP contribution in [0.4, 0.5) is 0 Å². The van der Waals surface area contributed by atoms with Crippen molar-refractivity contribution in [2.24, 2.45) is 0 Å². The molecular formula is C14H17NO3. The molecule has 18 heavy (non-hydrogen) atoms. The van der Waals surface area contributed by atoms with Crippen LogP contribution in [0.2, 0.25) is 0 Å². The van der Waals surface area contributed by atoms with E-state index in [0.29, 0.717) is 6.61 Å². The topological polar surface area (TPSA) is 38.8 Å². The zero-order valence-electron chi connectivity index (χ0n) is 10.5. The Kier molecular flexibility index (Phi) is 2.96. The van der Waals surface area contributed by atoms with E-state index >= 15 is 0 Å². The van der Waals surface area contributed by atoms with Gasteiger partial charge in [0.2, 0.25) is 5.91 Å². The molecule has 0 bridgehead atoms. The molecule has 1 aromatic carbocycles. The second-order valence-electron chi connectivity index (χ2n) is 4.73. The Morgan fingerprint density at radius 3 is 3.06 bits per heavy atom. The van der Waals surface area contributed by atoms with Crippen LogP contribution in [-0.2, 0) is 9.53 Å². The largest absolute Gasteiger partial charge is 0.491 e. The summed E-state index contributed by atoms with van der Waals surface area (Å²) >= 11 is 0. The van der Waals surface area contributed by atoms with Crippen LogP contribution in [0, 0.1) is 0 Å². The van der Waals surface area contributed by atoms with Crippen LogP contribution in [0.15, 0.2) is 24.3 Å². The Balaban J connectivity index is 1.92. The summed E-state index contributed by atoms with van der Waals surface area (Å²) in [6, 6.07) is 7.92. The van der Waals surface area contributed by atoms with Gasteiger partial charge in [0.25, 0.3) is 0 Å². The van der Waals surface area contributed by atoms with Crippen molar-refractivity contribution in [1.29, 1.82) is 0 Å². The molecule has 1 saturated heterocycles. The monoisotopic (exact) mass is 247 g/mol. The molecule has 0 unspecified atom stereocenters. The summed E-state index contributed by atoms with van der Waals surface area (Å²) in [4.78, 5) is 13.8. The third kappa shape index (κ3) is 1.77. The minimum atomic E-state index is -0.0424. The fraction of sp³-hybridized carbons (Fsp3) is 0.500. The number of hydrogen-bond acceptors (Lipinski definition) is 3. The fourth-order valence-electron chi connectivity index (χ4n) is 2.73. The van der Waals surface area contributed by atoms with Crippen molar-refractivity contribution >= 4 is 5.91 Å². The quantitative estimate of drug-likeness (QED) is 0.799. The standard InChI is InChI=1S/C14H17NO3/c1-2-7-15-11-8-17-12-6-4-3-5-10(12)14(11)18-9-13(15)16/h3-6,11,14H,2,7-9H2,1H3/t11-,14-/m1/s1. The van der Waals surface area contributed by atoms with E-state index in [0.717, 1.165) is 24.3 Å². The van der Waals surface area contributed by atoms with Gasteiger partial charge in [-0.05, 0) is 12.5 Å². The number of morpholine rings is 1. The third-order valence-corrected chi connectivity index (χ3v) is 3.56. The van der Waals surface area contributed by atoms with E-state index in [-0.39, 0.29) is 24.7 Å². The number of ether oxygens (including phenoxy) is 2. The molecular weight excluding hydrogens is 230 g/mol. The summed E-state index contributed by atoms with van der Waals surface area (Å²) < 4.78 is 11.5. The van der Waals surface area contributed by atoms with Crippen LogP contribution in [0.25, 0.3) is 0 Å². The Labute approximate surface area is 106 Å². The maximum Gasteiger partial charge on any atom is 0.249 e. The average Bonchev–Trinajstić information content (AvgIpc) is 2.41. The Bertz CT molecular complexity index is 460. The first-order chi connectivity index (χ1) is 8.81. The van der Waals surface area contributed by atoms with Crippen molar-refractivity contribution < 1.29 is 14.3 Å². The van der Waals surface area contributed by atoms with E-state index in [9.17, 15) is 4.79 Å². The second-order valence-corrected chi connectivity index (χ2v) is 4.73. The molecule has 3 rings (SSSR count). The highest BCUT2D eigenvalue weighted by atomic mass is 16.5. The molecule has 2 aliphatic rings. The highest BCUT2D eigenvalue weighted by molar-refractivity contribution is 5.78. The fourth-order valence-corrected chi connectivity index (χ4v) is 2.73. The summed E-state index contributed by atoms with van der Waals surface area (Å²) in [6.07, 6.45) is 0.913. The van der Waals surface area contributed by atoms with Gasteiger partial charge >= 0.3 is 0 Å². The Hall–Kier alpha value is -1.55. The molecule has 2 atom stereocenters. The summed E-state index contributed by atoms with van der Waals surface area (Å²) in [6.45, 7) is 3.55. The maximum absolute atomic E-state index is 11.9. The smallest absolute Gasteiger partial charge is 0.249 e. The normalized spacial score (nSPS) is 26.3. The second kappa shape index (κ2) is 4.61. The predicted octanol–water partition coefficient (Wildman–Crippen LogP) is 1.76. The van der Waals surface area contributed by atoms with Crippen molar-refractivity contribution in [3.05, 3.63) is 29.8 Å². The van der Waals surface area contributed by atoms with Gasteiger partial charge in [-0.25, -0.2) is 0 Å². The van der Waals surface area contributed by atoms with E-state index in [1.807, 2.05) is 29.2 Å². The van der Waals surface area contributed by atoms with E-state index < -0.39 is 0 Å². The third-order valence-electron chi connectivity index (χ3n) is 3.56. The molecule has 0 saturated carbocycles. The number of carbonyl (C=O) groups is 1. The molecule has 4 heteroatoms. The van der Waals surface area contributed by atoms with Gasteiger partial charge < -0.3 is 14.4 Å². The first-order valence-corrected chi connectivity index (χ1v) is 6.44. The number of benzene rings is 1. The maximum atomic E-state index is 11.9. The Morgan fingerprint density at radius 1 is 1.39 bits per heavy atom. The van der Waals surface area contributed by atoms with Gasteiger partial charge in [-0.1, -0.05) is 25.1 Å².